The number of amides is 1. The molecule has 0 saturated carbocycles. The van der Waals surface area contributed by atoms with E-state index in [2.05, 4.69) is 24.0 Å². The van der Waals surface area contributed by atoms with Gasteiger partial charge in [-0.25, -0.2) is 0 Å². The fourth-order valence-electron chi connectivity index (χ4n) is 3.34. The van der Waals surface area contributed by atoms with Crippen molar-refractivity contribution in [2.24, 2.45) is 5.92 Å². The summed E-state index contributed by atoms with van der Waals surface area (Å²) in [5.41, 5.74) is 0.910. The summed E-state index contributed by atoms with van der Waals surface area (Å²) < 4.78 is 7.48. The normalized spacial score (nSPS) is 17.3. The van der Waals surface area contributed by atoms with Gasteiger partial charge in [-0.05, 0) is 37.8 Å². The summed E-state index contributed by atoms with van der Waals surface area (Å²) in [6.07, 6.45) is 2.31. The number of hydrogen-bond acceptors (Lipinski definition) is 5. The highest BCUT2D eigenvalue weighted by molar-refractivity contribution is 7.99. The van der Waals surface area contributed by atoms with Gasteiger partial charge in [0.1, 0.15) is 5.75 Å². The Morgan fingerprint density at radius 1 is 1.35 bits per heavy atom. The van der Waals surface area contributed by atoms with Crippen molar-refractivity contribution in [2.45, 2.75) is 38.4 Å². The predicted molar refractivity (Wildman–Crippen MR) is 103 cm³/mol. The molecular formula is C19H26N4O2S. The molecule has 0 spiro atoms. The Kier molecular flexibility index (Phi) is 6.19. The average molecular weight is 375 g/mol. The van der Waals surface area contributed by atoms with Crippen molar-refractivity contribution in [1.29, 1.82) is 0 Å². The van der Waals surface area contributed by atoms with Crippen molar-refractivity contribution in [1.82, 2.24) is 19.7 Å². The van der Waals surface area contributed by atoms with Crippen molar-refractivity contribution in [3.63, 3.8) is 0 Å². The third-order valence-electron chi connectivity index (χ3n) is 4.72. The lowest BCUT2D eigenvalue weighted by Gasteiger charge is -2.30. The molecule has 1 fully saturated rings. The number of para-hydroxylation sites is 1. The van der Waals surface area contributed by atoms with E-state index in [0.717, 1.165) is 48.3 Å². The Bertz CT molecular complexity index is 762. The lowest BCUT2D eigenvalue weighted by molar-refractivity contribution is -0.130. The summed E-state index contributed by atoms with van der Waals surface area (Å²) in [6.45, 7) is 6.74. The summed E-state index contributed by atoms with van der Waals surface area (Å²) in [6, 6.07) is 7.78. The summed E-state index contributed by atoms with van der Waals surface area (Å²) in [7, 11) is 1.65. The van der Waals surface area contributed by atoms with E-state index in [9.17, 15) is 4.79 Å². The molecule has 0 bridgehead atoms. The lowest BCUT2D eigenvalue weighted by Crippen LogP contribution is -2.40. The maximum Gasteiger partial charge on any atom is 0.233 e. The molecule has 0 aliphatic carbocycles. The molecule has 7 heteroatoms. The van der Waals surface area contributed by atoms with Gasteiger partial charge >= 0.3 is 0 Å². The van der Waals surface area contributed by atoms with Crippen molar-refractivity contribution in [3.05, 3.63) is 24.3 Å². The summed E-state index contributed by atoms with van der Waals surface area (Å²) in [5, 5.41) is 9.45. The number of ether oxygens (including phenoxy) is 1. The Hall–Kier alpha value is -2.02. The van der Waals surface area contributed by atoms with Gasteiger partial charge in [0.25, 0.3) is 0 Å². The molecule has 140 valence electrons. The molecule has 2 heterocycles. The van der Waals surface area contributed by atoms with Gasteiger partial charge in [-0.1, -0.05) is 30.8 Å². The first-order chi connectivity index (χ1) is 12.6. The molecule has 1 aliphatic rings. The van der Waals surface area contributed by atoms with Gasteiger partial charge in [-0.15, -0.1) is 10.2 Å². The van der Waals surface area contributed by atoms with Gasteiger partial charge in [0.15, 0.2) is 11.0 Å². The molecule has 1 saturated heterocycles. The van der Waals surface area contributed by atoms with Crippen LogP contribution in [0.5, 0.6) is 5.75 Å². The standard InChI is InChI=1S/C19H26N4O2S/c1-4-23-18(15-9-5-6-10-16(15)25-3)20-21-19(23)26-13-17(24)22-11-7-8-14(2)12-22/h5-6,9-10,14H,4,7-8,11-13H2,1-3H3/t14-/m1/s1. The summed E-state index contributed by atoms with van der Waals surface area (Å²) >= 11 is 1.46. The molecule has 6 nitrogen and oxygen atoms in total. The average Bonchev–Trinajstić information content (AvgIpc) is 3.08. The molecule has 1 aromatic heterocycles. The largest absolute Gasteiger partial charge is 0.496 e. The predicted octanol–water partition coefficient (Wildman–Crippen LogP) is 3.32. The molecule has 1 atom stereocenters. The van der Waals surface area contributed by atoms with E-state index >= 15 is 0 Å². The van der Waals surface area contributed by atoms with Gasteiger partial charge in [0, 0.05) is 19.6 Å². The molecule has 0 N–H and O–H groups in total. The number of hydrogen-bond donors (Lipinski definition) is 0. The molecule has 1 aliphatic heterocycles. The minimum absolute atomic E-state index is 0.186. The molecule has 3 rings (SSSR count). The lowest BCUT2D eigenvalue weighted by atomic mass is 10.0. The van der Waals surface area contributed by atoms with E-state index in [-0.39, 0.29) is 5.91 Å². The number of carbonyl (C=O) groups is 1. The second-order valence-electron chi connectivity index (χ2n) is 6.63. The Balaban J connectivity index is 1.73. The van der Waals surface area contributed by atoms with E-state index < -0.39 is 0 Å². The van der Waals surface area contributed by atoms with Crippen LogP contribution < -0.4 is 4.74 Å². The number of thioether (sulfide) groups is 1. The van der Waals surface area contributed by atoms with Crippen molar-refractivity contribution in [2.75, 3.05) is 26.0 Å². The number of benzene rings is 1. The van der Waals surface area contributed by atoms with Crippen LogP contribution in [-0.2, 0) is 11.3 Å². The molecule has 0 unspecified atom stereocenters. The fourth-order valence-corrected chi connectivity index (χ4v) is 4.25. The maximum atomic E-state index is 12.5. The number of carbonyl (C=O) groups excluding carboxylic acids is 1. The van der Waals surface area contributed by atoms with Crippen LogP contribution in [0.2, 0.25) is 0 Å². The van der Waals surface area contributed by atoms with Crippen LogP contribution in [0.4, 0.5) is 0 Å². The highest BCUT2D eigenvalue weighted by Gasteiger charge is 2.22. The first-order valence-electron chi connectivity index (χ1n) is 9.11. The van der Waals surface area contributed by atoms with Crippen molar-refractivity contribution < 1.29 is 9.53 Å². The van der Waals surface area contributed by atoms with Gasteiger partial charge in [-0.2, -0.15) is 0 Å². The zero-order valence-corrected chi connectivity index (χ0v) is 16.5. The quantitative estimate of drug-likeness (QED) is 0.726. The second-order valence-corrected chi connectivity index (χ2v) is 7.57. The minimum atomic E-state index is 0.186. The first-order valence-corrected chi connectivity index (χ1v) is 10.1. The van der Waals surface area contributed by atoms with Gasteiger partial charge in [-0.3, -0.25) is 4.79 Å². The molecule has 1 amide bonds. The van der Waals surface area contributed by atoms with Crippen LogP contribution in [-0.4, -0.2) is 51.5 Å². The molecule has 1 aromatic carbocycles. The molecule has 2 aromatic rings. The minimum Gasteiger partial charge on any atom is -0.496 e. The summed E-state index contributed by atoms with van der Waals surface area (Å²) in [4.78, 5) is 14.5. The number of aromatic nitrogens is 3. The molecular weight excluding hydrogens is 348 g/mol. The zero-order valence-electron chi connectivity index (χ0n) is 15.6. The highest BCUT2D eigenvalue weighted by atomic mass is 32.2. The Labute approximate surface area is 158 Å². The third kappa shape index (κ3) is 4.03. The number of rotatable bonds is 6. The van der Waals surface area contributed by atoms with E-state index in [1.807, 2.05) is 33.7 Å². The van der Waals surface area contributed by atoms with E-state index in [1.54, 1.807) is 7.11 Å². The fraction of sp³-hybridized carbons (Fsp3) is 0.526. The van der Waals surface area contributed by atoms with Crippen LogP contribution >= 0.6 is 11.8 Å². The maximum absolute atomic E-state index is 12.5. The first kappa shape index (κ1) is 18.8. The van der Waals surface area contributed by atoms with Crippen molar-refractivity contribution in [3.8, 4) is 17.1 Å². The topological polar surface area (TPSA) is 60.2 Å². The van der Waals surface area contributed by atoms with Crippen LogP contribution in [0.15, 0.2) is 29.4 Å². The van der Waals surface area contributed by atoms with Gasteiger partial charge in [0.2, 0.25) is 5.91 Å². The second kappa shape index (κ2) is 8.58. The number of methoxy groups -OCH3 is 1. The number of piperidine rings is 1. The van der Waals surface area contributed by atoms with Crippen LogP contribution in [0.3, 0.4) is 0 Å². The third-order valence-corrected chi connectivity index (χ3v) is 5.67. The molecule has 0 radical (unpaired) electrons. The smallest absolute Gasteiger partial charge is 0.233 e. The van der Waals surface area contributed by atoms with E-state index in [4.69, 9.17) is 4.74 Å². The molecule has 26 heavy (non-hydrogen) atoms. The van der Waals surface area contributed by atoms with Crippen LogP contribution in [0.25, 0.3) is 11.4 Å². The SMILES string of the molecule is CCn1c(SCC(=O)N2CCC[C@@H](C)C2)nnc1-c1ccccc1OC. The van der Waals surface area contributed by atoms with Crippen molar-refractivity contribution >= 4 is 17.7 Å². The van der Waals surface area contributed by atoms with E-state index in [1.165, 1.54) is 18.2 Å². The summed E-state index contributed by atoms with van der Waals surface area (Å²) in [5.74, 6) is 2.72. The van der Waals surface area contributed by atoms with Crippen LogP contribution in [0, 0.1) is 5.92 Å². The van der Waals surface area contributed by atoms with Crippen LogP contribution in [0.1, 0.15) is 26.7 Å². The highest BCUT2D eigenvalue weighted by Crippen LogP contribution is 2.31. The van der Waals surface area contributed by atoms with Gasteiger partial charge in [0.05, 0.1) is 18.4 Å². The Morgan fingerprint density at radius 2 is 2.15 bits per heavy atom. The number of nitrogens with zero attached hydrogens (tertiary/aromatic N) is 4. The van der Waals surface area contributed by atoms with Gasteiger partial charge < -0.3 is 14.2 Å². The monoisotopic (exact) mass is 374 g/mol. The van der Waals surface area contributed by atoms with E-state index in [0.29, 0.717) is 11.7 Å². The number of likely N-dealkylation sites (tertiary alicyclic amines) is 1. The zero-order chi connectivity index (χ0) is 18.5. The Morgan fingerprint density at radius 3 is 2.88 bits per heavy atom.